The van der Waals surface area contributed by atoms with E-state index in [0.717, 1.165) is 30.4 Å². The summed E-state index contributed by atoms with van der Waals surface area (Å²) in [5.74, 6) is 0. The van der Waals surface area contributed by atoms with Crippen LogP contribution < -0.4 is 5.32 Å². The van der Waals surface area contributed by atoms with Gasteiger partial charge in [0.25, 0.3) is 0 Å². The van der Waals surface area contributed by atoms with Crippen molar-refractivity contribution in [2.45, 2.75) is 26.4 Å². The van der Waals surface area contributed by atoms with Crippen molar-refractivity contribution in [2.75, 3.05) is 27.2 Å². The highest BCUT2D eigenvalue weighted by Crippen LogP contribution is 2.33. The number of thiophene rings is 1. The zero-order valence-electron chi connectivity index (χ0n) is 13.1. The Kier molecular flexibility index (Phi) is 5.81. The number of nitrogens with one attached hydrogen (secondary N) is 1. The van der Waals surface area contributed by atoms with Crippen LogP contribution in [0.3, 0.4) is 0 Å². The van der Waals surface area contributed by atoms with Crippen molar-refractivity contribution in [1.29, 1.82) is 0 Å². The minimum Gasteiger partial charge on any atom is -0.308 e. The molecule has 0 bridgehead atoms. The van der Waals surface area contributed by atoms with E-state index in [1.807, 2.05) is 4.68 Å². The van der Waals surface area contributed by atoms with Crippen molar-refractivity contribution in [3.8, 4) is 0 Å². The van der Waals surface area contributed by atoms with Gasteiger partial charge >= 0.3 is 0 Å². The molecule has 0 aliphatic heterocycles. The van der Waals surface area contributed by atoms with Gasteiger partial charge in [0.1, 0.15) is 0 Å². The van der Waals surface area contributed by atoms with Gasteiger partial charge in [-0.15, -0.1) is 11.3 Å². The van der Waals surface area contributed by atoms with Gasteiger partial charge in [-0.25, -0.2) is 0 Å². The van der Waals surface area contributed by atoms with Gasteiger partial charge in [0.05, 0.1) is 29.5 Å². The first-order valence-corrected chi connectivity index (χ1v) is 8.43. The molecule has 0 fully saturated rings. The summed E-state index contributed by atoms with van der Waals surface area (Å²) < 4.78 is 2.02. The Morgan fingerprint density at radius 2 is 2.24 bits per heavy atom. The Bertz CT molecular complexity index is 576. The average molecular weight is 327 g/mol. The third-order valence-electron chi connectivity index (χ3n) is 3.44. The molecule has 1 N–H and O–H groups in total. The summed E-state index contributed by atoms with van der Waals surface area (Å²) in [4.78, 5) is 3.46. The predicted octanol–water partition coefficient (Wildman–Crippen LogP) is 3.17. The number of aryl methyl sites for hydroxylation is 1. The Morgan fingerprint density at radius 1 is 1.48 bits per heavy atom. The normalized spacial score (nSPS) is 13.0. The zero-order valence-corrected chi connectivity index (χ0v) is 14.6. The average Bonchev–Trinajstić information content (AvgIpc) is 3.00. The lowest BCUT2D eigenvalue weighted by Crippen LogP contribution is -2.27. The fraction of sp³-hybridized carbons (Fsp3) is 0.533. The lowest BCUT2D eigenvalue weighted by Gasteiger charge is -2.21. The smallest absolute Gasteiger partial charge is 0.0859 e. The van der Waals surface area contributed by atoms with E-state index in [1.54, 1.807) is 17.5 Å². The molecule has 0 amide bonds. The van der Waals surface area contributed by atoms with Crippen LogP contribution in [0, 0.1) is 6.92 Å². The Morgan fingerprint density at radius 3 is 2.81 bits per heavy atom. The predicted molar refractivity (Wildman–Crippen MR) is 90.4 cm³/mol. The first-order valence-electron chi connectivity index (χ1n) is 7.17. The van der Waals surface area contributed by atoms with E-state index in [2.05, 4.69) is 54.7 Å². The van der Waals surface area contributed by atoms with Crippen LogP contribution in [0.15, 0.2) is 17.6 Å². The van der Waals surface area contributed by atoms with E-state index in [1.165, 1.54) is 10.4 Å². The summed E-state index contributed by atoms with van der Waals surface area (Å²) >= 11 is 8.19. The largest absolute Gasteiger partial charge is 0.308 e. The van der Waals surface area contributed by atoms with Crippen molar-refractivity contribution in [3.05, 3.63) is 38.8 Å². The lowest BCUT2D eigenvalue weighted by atomic mass is 10.1. The number of nitrogens with zero attached hydrogens (tertiary/aromatic N) is 3. The molecular formula is C15H23ClN4S. The molecule has 0 aliphatic rings. The molecule has 1 atom stereocenters. The minimum atomic E-state index is 0.104. The molecule has 2 heterocycles. The van der Waals surface area contributed by atoms with Gasteiger partial charge < -0.3 is 10.2 Å². The highest BCUT2D eigenvalue weighted by Gasteiger charge is 2.23. The number of likely N-dealkylation sites (N-methyl/N-ethyl adjacent to an activating group) is 1. The molecule has 6 heteroatoms. The number of aromatic nitrogens is 2. The Hall–Kier alpha value is -0.880. The first-order chi connectivity index (χ1) is 10.0. The SMILES string of the molecule is CCNC(c1sccc1C)c1c(Cl)cnn1CCN(C)C. The number of hydrogen-bond donors (Lipinski definition) is 1. The number of hydrogen-bond acceptors (Lipinski definition) is 4. The van der Waals surface area contributed by atoms with E-state index < -0.39 is 0 Å². The van der Waals surface area contributed by atoms with Crippen LogP contribution in [0.4, 0.5) is 0 Å². The highest BCUT2D eigenvalue weighted by atomic mass is 35.5. The molecule has 0 saturated carbocycles. The van der Waals surface area contributed by atoms with Crippen LogP contribution in [0.25, 0.3) is 0 Å². The monoisotopic (exact) mass is 326 g/mol. The second-order valence-corrected chi connectivity index (χ2v) is 6.72. The Labute approximate surface area is 135 Å². The van der Waals surface area contributed by atoms with Crippen molar-refractivity contribution in [2.24, 2.45) is 0 Å². The minimum absolute atomic E-state index is 0.104. The van der Waals surface area contributed by atoms with Crippen LogP contribution in [0.5, 0.6) is 0 Å². The summed E-state index contributed by atoms with van der Waals surface area (Å²) in [6.45, 7) is 6.92. The van der Waals surface area contributed by atoms with Crippen molar-refractivity contribution < 1.29 is 0 Å². The van der Waals surface area contributed by atoms with Crippen LogP contribution in [0.1, 0.15) is 29.1 Å². The Balaban J connectivity index is 2.36. The fourth-order valence-corrected chi connectivity index (χ4v) is 3.58. The van der Waals surface area contributed by atoms with Gasteiger partial charge in [0, 0.05) is 11.4 Å². The lowest BCUT2D eigenvalue weighted by molar-refractivity contribution is 0.366. The van der Waals surface area contributed by atoms with E-state index in [-0.39, 0.29) is 6.04 Å². The second-order valence-electron chi connectivity index (χ2n) is 5.36. The van der Waals surface area contributed by atoms with Crippen LogP contribution in [-0.4, -0.2) is 41.9 Å². The quantitative estimate of drug-likeness (QED) is 0.848. The van der Waals surface area contributed by atoms with Gasteiger partial charge in [-0.2, -0.15) is 5.10 Å². The van der Waals surface area contributed by atoms with Gasteiger partial charge in [0.2, 0.25) is 0 Å². The summed E-state index contributed by atoms with van der Waals surface area (Å²) in [7, 11) is 4.13. The van der Waals surface area contributed by atoms with E-state index in [4.69, 9.17) is 11.6 Å². The van der Waals surface area contributed by atoms with E-state index in [9.17, 15) is 0 Å². The van der Waals surface area contributed by atoms with E-state index in [0.29, 0.717) is 0 Å². The molecule has 2 aromatic heterocycles. The van der Waals surface area contributed by atoms with Crippen molar-refractivity contribution in [3.63, 3.8) is 0 Å². The zero-order chi connectivity index (χ0) is 15.4. The molecule has 0 spiro atoms. The standard InChI is InChI=1S/C15H23ClN4S/c1-5-17-13(15-11(2)6-9-21-15)14-12(16)10-18-20(14)8-7-19(3)4/h6,9-10,13,17H,5,7-8H2,1-4H3. The van der Waals surface area contributed by atoms with Crippen molar-refractivity contribution in [1.82, 2.24) is 20.0 Å². The molecule has 1 unspecified atom stereocenters. The topological polar surface area (TPSA) is 33.1 Å². The maximum absolute atomic E-state index is 6.43. The fourth-order valence-electron chi connectivity index (χ4n) is 2.33. The molecule has 4 nitrogen and oxygen atoms in total. The number of rotatable bonds is 7. The summed E-state index contributed by atoms with van der Waals surface area (Å²) in [5.41, 5.74) is 2.35. The van der Waals surface area contributed by atoms with Crippen LogP contribution >= 0.6 is 22.9 Å². The molecule has 116 valence electrons. The summed E-state index contributed by atoms with van der Waals surface area (Å²) in [6.07, 6.45) is 1.75. The van der Waals surface area contributed by atoms with Crippen molar-refractivity contribution >= 4 is 22.9 Å². The van der Waals surface area contributed by atoms with Gasteiger partial charge in [-0.3, -0.25) is 4.68 Å². The maximum atomic E-state index is 6.43. The maximum Gasteiger partial charge on any atom is 0.0859 e. The van der Waals surface area contributed by atoms with Gasteiger partial charge in [-0.1, -0.05) is 18.5 Å². The molecule has 0 aliphatic carbocycles. The molecular weight excluding hydrogens is 304 g/mol. The molecule has 0 saturated heterocycles. The third kappa shape index (κ3) is 3.86. The van der Waals surface area contributed by atoms with Crippen LogP contribution in [0.2, 0.25) is 5.02 Å². The summed E-state index contributed by atoms with van der Waals surface area (Å²) in [6, 6.07) is 2.26. The van der Waals surface area contributed by atoms with Gasteiger partial charge in [0.15, 0.2) is 0 Å². The molecule has 2 aromatic rings. The van der Waals surface area contributed by atoms with E-state index >= 15 is 0 Å². The molecule has 2 rings (SSSR count). The highest BCUT2D eigenvalue weighted by molar-refractivity contribution is 7.10. The third-order valence-corrected chi connectivity index (χ3v) is 4.81. The second kappa shape index (κ2) is 7.40. The first kappa shape index (κ1) is 16.5. The number of halogens is 1. The summed E-state index contributed by atoms with van der Waals surface area (Å²) in [5, 5.41) is 10.9. The molecule has 0 aromatic carbocycles. The molecule has 0 radical (unpaired) electrons. The van der Waals surface area contributed by atoms with Crippen LogP contribution in [-0.2, 0) is 6.54 Å². The molecule has 21 heavy (non-hydrogen) atoms. The van der Waals surface area contributed by atoms with Gasteiger partial charge in [-0.05, 0) is 44.6 Å².